The molecule has 16 heavy (non-hydrogen) atoms. The predicted molar refractivity (Wildman–Crippen MR) is 53.0 cm³/mol. The highest BCUT2D eigenvalue weighted by molar-refractivity contribution is 4.89. The first-order chi connectivity index (χ1) is 7.86. The van der Waals surface area contributed by atoms with Crippen LogP contribution in [0.3, 0.4) is 0 Å². The molecule has 4 atom stereocenters. The zero-order valence-corrected chi connectivity index (χ0v) is 9.59. The van der Waals surface area contributed by atoms with E-state index in [1.165, 1.54) is 0 Å². The highest BCUT2D eigenvalue weighted by atomic mass is 16.8. The van der Waals surface area contributed by atoms with Gasteiger partial charge in [-0.15, -0.1) is 0 Å². The third-order valence-corrected chi connectivity index (χ3v) is 2.80. The minimum absolute atomic E-state index is 0.105. The van der Waals surface area contributed by atoms with Crippen LogP contribution in [-0.4, -0.2) is 65.4 Å². The molecule has 6 nitrogen and oxygen atoms in total. The molecule has 0 radical (unpaired) electrons. The smallest absolute Gasteiger partial charge is 0.147 e. The van der Waals surface area contributed by atoms with Gasteiger partial charge in [-0.05, 0) is 0 Å². The van der Waals surface area contributed by atoms with Crippen molar-refractivity contribution in [2.45, 2.75) is 24.4 Å². The second kappa shape index (κ2) is 5.90. The molecule has 0 aliphatic carbocycles. The van der Waals surface area contributed by atoms with Crippen LogP contribution in [0.15, 0.2) is 0 Å². The van der Waals surface area contributed by atoms with E-state index in [1.807, 2.05) is 0 Å². The Hall–Kier alpha value is -0.240. The Bertz CT molecular complexity index is 185. The molecule has 0 bridgehead atoms. The van der Waals surface area contributed by atoms with Crippen molar-refractivity contribution in [2.24, 2.45) is 0 Å². The minimum Gasteiger partial charge on any atom is -0.382 e. The molecule has 2 saturated heterocycles. The lowest BCUT2D eigenvalue weighted by Crippen LogP contribution is -2.59. The molecule has 2 fully saturated rings. The first-order valence-electron chi connectivity index (χ1n) is 5.31. The number of hydrogen-bond acceptors (Lipinski definition) is 6. The molecular weight excluding hydrogens is 216 g/mol. The van der Waals surface area contributed by atoms with Gasteiger partial charge in [-0.2, -0.15) is 0 Å². The molecule has 0 aromatic heterocycles. The van der Waals surface area contributed by atoms with Gasteiger partial charge in [0.1, 0.15) is 38.0 Å². The van der Waals surface area contributed by atoms with Gasteiger partial charge in [-0.3, -0.25) is 0 Å². The summed E-state index contributed by atoms with van der Waals surface area (Å²) in [6.45, 7) is 1.46. The molecule has 0 spiro atoms. The fourth-order valence-electron chi connectivity index (χ4n) is 2.04. The summed E-state index contributed by atoms with van der Waals surface area (Å²) in [4.78, 5) is 0. The molecular formula is C10H18O6. The van der Waals surface area contributed by atoms with E-state index < -0.39 is 0 Å². The molecule has 94 valence electrons. The number of hydrogen-bond donors (Lipinski definition) is 0. The van der Waals surface area contributed by atoms with Gasteiger partial charge in [0, 0.05) is 14.2 Å². The predicted octanol–water partition coefficient (Wildman–Crippen LogP) is -0.238. The molecule has 2 rings (SSSR count). The molecule has 2 heterocycles. The lowest BCUT2D eigenvalue weighted by atomic mass is 10.0. The van der Waals surface area contributed by atoms with Crippen molar-refractivity contribution in [3.05, 3.63) is 0 Å². The highest BCUT2D eigenvalue weighted by Crippen LogP contribution is 2.26. The summed E-state index contributed by atoms with van der Waals surface area (Å²) in [6.07, 6.45) is -0.510. The number of fused-ring (bicyclic) bond motifs is 1. The van der Waals surface area contributed by atoms with Crippen molar-refractivity contribution in [1.82, 2.24) is 0 Å². The molecule has 2 aliphatic rings. The van der Waals surface area contributed by atoms with Crippen LogP contribution in [-0.2, 0) is 28.4 Å². The van der Waals surface area contributed by atoms with Crippen molar-refractivity contribution >= 4 is 0 Å². The minimum atomic E-state index is -0.150. The van der Waals surface area contributed by atoms with Crippen molar-refractivity contribution < 1.29 is 28.4 Å². The standard InChI is InChI=1S/C10H18O6/c1-11-3-7-9-10(16-5-13-7)8(4-12-2)14-6-15-9/h7-10H,3-6H2,1-2H3/t7-,8-,9-,10-/m1/s1. The first kappa shape index (κ1) is 12.2. The Labute approximate surface area is 94.7 Å². The highest BCUT2D eigenvalue weighted by Gasteiger charge is 2.44. The van der Waals surface area contributed by atoms with Crippen LogP contribution in [0.4, 0.5) is 0 Å². The van der Waals surface area contributed by atoms with Gasteiger partial charge in [0.2, 0.25) is 0 Å². The maximum atomic E-state index is 5.52. The van der Waals surface area contributed by atoms with Crippen molar-refractivity contribution in [2.75, 3.05) is 41.0 Å². The molecule has 0 aromatic carbocycles. The van der Waals surface area contributed by atoms with Gasteiger partial charge < -0.3 is 28.4 Å². The average Bonchev–Trinajstić information content (AvgIpc) is 2.31. The summed E-state index contributed by atoms with van der Waals surface area (Å²) in [6, 6.07) is 0. The zero-order valence-electron chi connectivity index (χ0n) is 9.59. The van der Waals surface area contributed by atoms with Crippen LogP contribution in [0.25, 0.3) is 0 Å². The molecule has 0 unspecified atom stereocenters. The SMILES string of the molecule is COC[C@H]1OCO[C@H]2[C@@H]1OCO[C@@H]2COC. The summed E-state index contributed by atoms with van der Waals surface area (Å²) >= 11 is 0. The first-order valence-corrected chi connectivity index (χ1v) is 5.31. The topological polar surface area (TPSA) is 55.4 Å². The average molecular weight is 234 g/mol. The molecule has 0 N–H and O–H groups in total. The fourth-order valence-corrected chi connectivity index (χ4v) is 2.04. The third-order valence-electron chi connectivity index (χ3n) is 2.80. The lowest BCUT2D eigenvalue weighted by Gasteiger charge is -2.43. The maximum Gasteiger partial charge on any atom is 0.147 e. The van der Waals surface area contributed by atoms with Crippen molar-refractivity contribution in [3.63, 3.8) is 0 Å². The van der Waals surface area contributed by atoms with E-state index >= 15 is 0 Å². The van der Waals surface area contributed by atoms with Crippen LogP contribution in [0.1, 0.15) is 0 Å². The van der Waals surface area contributed by atoms with Crippen LogP contribution in [0, 0.1) is 0 Å². The number of rotatable bonds is 4. The second-order valence-electron chi connectivity index (χ2n) is 3.82. The van der Waals surface area contributed by atoms with E-state index in [4.69, 9.17) is 28.4 Å². The van der Waals surface area contributed by atoms with Crippen molar-refractivity contribution in [3.8, 4) is 0 Å². The van der Waals surface area contributed by atoms with Gasteiger partial charge in [0.05, 0.1) is 13.2 Å². The molecule has 0 saturated carbocycles. The largest absolute Gasteiger partial charge is 0.382 e. The number of ether oxygens (including phenoxy) is 6. The molecule has 6 heteroatoms. The van der Waals surface area contributed by atoms with Gasteiger partial charge in [0.25, 0.3) is 0 Å². The Morgan fingerprint density at radius 1 is 0.812 bits per heavy atom. The Balaban J connectivity index is 1.98. The van der Waals surface area contributed by atoms with Crippen LogP contribution in [0.5, 0.6) is 0 Å². The monoisotopic (exact) mass is 234 g/mol. The Morgan fingerprint density at radius 2 is 1.25 bits per heavy atom. The quantitative estimate of drug-likeness (QED) is 0.669. The van der Waals surface area contributed by atoms with E-state index in [-0.39, 0.29) is 38.0 Å². The summed E-state index contributed by atoms with van der Waals surface area (Å²) in [5.74, 6) is 0. The van der Waals surface area contributed by atoms with E-state index in [9.17, 15) is 0 Å². The Kier molecular flexibility index (Phi) is 4.51. The zero-order chi connectivity index (χ0) is 11.4. The van der Waals surface area contributed by atoms with Crippen LogP contribution < -0.4 is 0 Å². The van der Waals surface area contributed by atoms with E-state index in [0.29, 0.717) is 13.2 Å². The third kappa shape index (κ3) is 2.53. The van der Waals surface area contributed by atoms with E-state index in [0.717, 1.165) is 0 Å². The Morgan fingerprint density at radius 3 is 1.62 bits per heavy atom. The molecule has 2 aliphatic heterocycles. The van der Waals surface area contributed by atoms with Gasteiger partial charge in [-0.25, -0.2) is 0 Å². The van der Waals surface area contributed by atoms with Crippen LogP contribution >= 0.6 is 0 Å². The van der Waals surface area contributed by atoms with Gasteiger partial charge in [0.15, 0.2) is 0 Å². The van der Waals surface area contributed by atoms with Crippen LogP contribution in [0.2, 0.25) is 0 Å². The summed E-state index contributed by atoms with van der Waals surface area (Å²) < 4.78 is 32.1. The summed E-state index contributed by atoms with van der Waals surface area (Å²) in [5.41, 5.74) is 0. The second-order valence-corrected chi connectivity index (χ2v) is 3.82. The summed E-state index contributed by atoms with van der Waals surface area (Å²) in [5, 5.41) is 0. The summed E-state index contributed by atoms with van der Waals surface area (Å²) in [7, 11) is 3.28. The molecule has 0 aromatic rings. The normalized spacial score (nSPS) is 39.4. The fraction of sp³-hybridized carbons (Fsp3) is 1.00. The molecule has 0 amide bonds. The van der Waals surface area contributed by atoms with Crippen molar-refractivity contribution in [1.29, 1.82) is 0 Å². The lowest BCUT2D eigenvalue weighted by molar-refractivity contribution is -0.330. The van der Waals surface area contributed by atoms with Gasteiger partial charge in [-0.1, -0.05) is 0 Å². The van der Waals surface area contributed by atoms with E-state index in [2.05, 4.69) is 0 Å². The maximum absolute atomic E-state index is 5.52. The number of methoxy groups -OCH3 is 2. The van der Waals surface area contributed by atoms with Gasteiger partial charge >= 0.3 is 0 Å². The van der Waals surface area contributed by atoms with E-state index in [1.54, 1.807) is 14.2 Å².